The first-order chi connectivity index (χ1) is 21.9. The Bertz CT molecular complexity index is 1590. The van der Waals surface area contributed by atoms with Crippen molar-refractivity contribution in [2.45, 2.75) is 78.3 Å². The van der Waals surface area contributed by atoms with Crippen LogP contribution < -0.4 is 4.90 Å². The first-order valence-electron chi connectivity index (χ1n) is 15.2. The van der Waals surface area contributed by atoms with Crippen LogP contribution in [0, 0.1) is 5.92 Å². The van der Waals surface area contributed by atoms with E-state index in [0.717, 1.165) is 16.0 Å². The third-order valence-corrected chi connectivity index (χ3v) is 6.95. The maximum Gasteiger partial charge on any atom is 0.425 e. The van der Waals surface area contributed by atoms with Crippen LogP contribution in [0.5, 0.6) is 0 Å². The highest BCUT2D eigenvalue weighted by molar-refractivity contribution is 6.12. The number of carbonyl (C=O) groups excluding carboxylic acids is 2. The molecule has 1 saturated heterocycles. The van der Waals surface area contributed by atoms with Crippen LogP contribution in [0.15, 0.2) is 73.3 Å². The average Bonchev–Trinajstić information content (AvgIpc) is 3.40. The lowest BCUT2D eigenvalue weighted by atomic mass is 9.95. The van der Waals surface area contributed by atoms with Gasteiger partial charge < -0.3 is 23.7 Å². The predicted octanol–water partition coefficient (Wildman–Crippen LogP) is 6.45. The van der Waals surface area contributed by atoms with Gasteiger partial charge in [-0.15, -0.1) is 0 Å². The van der Waals surface area contributed by atoms with Crippen LogP contribution in [0.2, 0.25) is 0 Å². The van der Waals surface area contributed by atoms with E-state index in [0.29, 0.717) is 32.1 Å². The molecule has 0 bridgehead atoms. The Morgan fingerprint density at radius 1 is 0.783 bits per heavy atom. The van der Waals surface area contributed by atoms with Crippen LogP contribution in [0.25, 0.3) is 11.2 Å². The minimum absolute atomic E-state index is 0.0637. The van der Waals surface area contributed by atoms with Gasteiger partial charge in [-0.05, 0) is 52.7 Å². The van der Waals surface area contributed by atoms with Gasteiger partial charge in [0, 0.05) is 0 Å². The van der Waals surface area contributed by atoms with E-state index in [2.05, 4.69) is 15.0 Å². The molecule has 5 rings (SSSR count). The summed E-state index contributed by atoms with van der Waals surface area (Å²) in [5.74, 6) is -0.172. The molecule has 2 amide bonds. The Kier molecular flexibility index (Phi) is 10.00. The lowest BCUT2D eigenvalue weighted by molar-refractivity contribution is -0.254. The number of carbonyl (C=O) groups is 2. The van der Waals surface area contributed by atoms with Gasteiger partial charge in [-0.3, -0.25) is 4.57 Å². The number of nitrogens with zero attached hydrogens (tertiary/aromatic N) is 5. The fourth-order valence-corrected chi connectivity index (χ4v) is 4.91. The second kappa shape index (κ2) is 13.9. The third-order valence-electron chi connectivity index (χ3n) is 6.95. The van der Waals surface area contributed by atoms with Gasteiger partial charge in [0.25, 0.3) is 0 Å². The molecule has 244 valence electrons. The van der Waals surface area contributed by atoms with Crippen LogP contribution >= 0.6 is 0 Å². The van der Waals surface area contributed by atoms with Crippen molar-refractivity contribution in [1.29, 1.82) is 0 Å². The van der Waals surface area contributed by atoms with Gasteiger partial charge in [0.15, 0.2) is 17.0 Å². The van der Waals surface area contributed by atoms with E-state index in [1.165, 1.54) is 6.33 Å². The first-order valence-corrected chi connectivity index (χ1v) is 15.2. The molecule has 12 nitrogen and oxygen atoms in total. The van der Waals surface area contributed by atoms with Crippen molar-refractivity contribution >= 4 is 29.2 Å². The number of imidazole rings is 1. The Balaban J connectivity index is 1.39. The number of hydrogen-bond donors (Lipinski definition) is 0. The van der Waals surface area contributed by atoms with Crippen LogP contribution in [-0.4, -0.2) is 62.2 Å². The molecule has 0 saturated carbocycles. The lowest BCUT2D eigenvalue weighted by Gasteiger charge is -2.44. The van der Waals surface area contributed by atoms with Crippen molar-refractivity contribution in [3.8, 4) is 0 Å². The maximum absolute atomic E-state index is 13.3. The van der Waals surface area contributed by atoms with Crippen LogP contribution in [0.1, 0.15) is 58.9 Å². The second-order valence-corrected chi connectivity index (χ2v) is 13.0. The molecule has 2 aromatic heterocycles. The van der Waals surface area contributed by atoms with Crippen molar-refractivity contribution in [3.05, 3.63) is 84.4 Å². The Morgan fingerprint density at radius 2 is 1.33 bits per heavy atom. The van der Waals surface area contributed by atoms with Crippen molar-refractivity contribution < 1.29 is 33.3 Å². The van der Waals surface area contributed by atoms with Crippen LogP contribution in [0.3, 0.4) is 0 Å². The highest BCUT2D eigenvalue weighted by Gasteiger charge is 2.45. The Labute approximate surface area is 268 Å². The Hall–Kier alpha value is -4.39. The molecule has 1 aliphatic rings. The number of rotatable bonds is 10. The van der Waals surface area contributed by atoms with E-state index in [1.54, 1.807) is 52.4 Å². The minimum Gasteiger partial charge on any atom is -0.443 e. The highest BCUT2D eigenvalue weighted by atomic mass is 16.6. The van der Waals surface area contributed by atoms with E-state index in [-0.39, 0.29) is 23.4 Å². The van der Waals surface area contributed by atoms with Gasteiger partial charge in [0.05, 0.1) is 44.8 Å². The van der Waals surface area contributed by atoms with Gasteiger partial charge in [0.2, 0.25) is 0 Å². The molecule has 3 atom stereocenters. The normalized spacial score (nSPS) is 18.2. The average molecular weight is 632 g/mol. The summed E-state index contributed by atoms with van der Waals surface area (Å²) in [6, 6.07) is 19.9. The number of imide groups is 1. The molecule has 12 heteroatoms. The zero-order chi connectivity index (χ0) is 32.9. The fourth-order valence-electron chi connectivity index (χ4n) is 4.91. The van der Waals surface area contributed by atoms with Gasteiger partial charge in [-0.2, -0.15) is 4.90 Å². The number of anilines is 1. The van der Waals surface area contributed by atoms with Crippen molar-refractivity contribution in [2.24, 2.45) is 5.92 Å². The molecule has 4 aromatic rings. The van der Waals surface area contributed by atoms with E-state index in [4.69, 9.17) is 23.7 Å². The second-order valence-electron chi connectivity index (χ2n) is 13.0. The quantitative estimate of drug-likeness (QED) is 0.193. The van der Waals surface area contributed by atoms with Crippen LogP contribution in [0.4, 0.5) is 15.4 Å². The summed E-state index contributed by atoms with van der Waals surface area (Å²) in [6.45, 7) is 11.9. The number of aromatic nitrogens is 4. The molecule has 3 heterocycles. The summed E-state index contributed by atoms with van der Waals surface area (Å²) in [5.41, 5.74) is 0.936. The zero-order valence-corrected chi connectivity index (χ0v) is 27.1. The molecule has 0 spiro atoms. The molecule has 2 aromatic carbocycles. The third kappa shape index (κ3) is 8.25. The van der Waals surface area contributed by atoms with Gasteiger partial charge in [0.1, 0.15) is 23.8 Å². The van der Waals surface area contributed by atoms with Crippen LogP contribution in [-0.2, 0) is 36.9 Å². The van der Waals surface area contributed by atoms with E-state index in [1.807, 2.05) is 60.7 Å². The fraction of sp³-hybridized carbons (Fsp3) is 0.441. The molecule has 0 N–H and O–H groups in total. The van der Waals surface area contributed by atoms with E-state index < -0.39 is 29.6 Å². The number of ether oxygens (including phenoxy) is 5. The number of benzene rings is 2. The summed E-state index contributed by atoms with van der Waals surface area (Å²) < 4.78 is 31.3. The van der Waals surface area contributed by atoms with Crippen molar-refractivity contribution in [2.75, 3.05) is 18.1 Å². The highest BCUT2D eigenvalue weighted by Crippen LogP contribution is 2.40. The molecular formula is C34H41N5O7. The Morgan fingerprint density at radius 3 is 1.87 bits per heavy atom. The summed E-state index contributed by atoms with van der Waals surface area (Å²) in [4.78, 5) is 40.6. The van der Waals surface area contributed by atoms with E-state index >= 15 is 0 Å². The molecular weight excluding hydrogens is 590 g/mol. The summed E-state index contributed by atoms with van der Waals surface area (Å²) >= 11 is 0. The minimum atomic E-state index is -0.945. The maximum atomic E-state index is 13.3. The summed E-state index contributed by atoms with van der Waals surface area (Å²) in [7, 11) is 0. The van der Waals surface area contributed by atoms with Gasteiger partial charge in [-0.25, -0.2) is 24.5 Å². The van der Waals surface area contributed by atoms with E-state index in [9.17, 15) is 9.59 Å². The number of amides is 2. The summed E-state index contributed by atoms with van der Waals surface area (Å²) in [5, 5.41) is 0. The monoisotopic (exact) mass is 631 g/mol. The molecule has 0 aliphatic carbocycles. The topological polar surface area (TPSA) is 127 Å². The zero-order valence-electron chi connectivity index (χ0n) is 27.1. The molecule has 1 aliphatic heterocycles. The van der Waals surface area contributed by atoms with Gasteiger partial charge >= 0.3 is 12.2 Å². The largest absolute Gasteiger partial charge is 0.443 e. The lowest BCUT2D eigenvalue weighted by Crippen LogP contribution is -2.50. The molecule has 1 fully saturated rings. The first kappa shape index (κ1) is 33.0. The number of fused-ring (bicyclic) bond motifs is 1. The van der Waals surface area contributed by atoms with Crippen molar-refractivity contribution in [3.63, 3.8) is 0 Å². The SMILES string of the molecule is CC(C)(C)OC(=O)N(C(=O)OC(C)(C)C)c1ncnc2c1ncn2[C@@H]1O[C@H](COCc2ccccc2)[C@H]1COCc1ccccc1. The van der Waals surface area contributed by atoms with Crippen molar-refractivity contribution in [1.82, 2.24) is 19.5 Å². The predicted molar refractivity (Wildman–Crippen MR) is 170 cm³/mol. The molecule has 46 heavy (non-hydrogen) atoms. The molecule has 0 unspecified atom stereocenters. The molecule has 0 radical (unpaired) electrons. The number of hydrogen-bond acceptors (Lipinski definition) is 10. The summed E-state index contributed by atoms with van der Waals surface area (Å²) in [6.07, 6.45) is 0.185. The van der Waals surface area contributed by atoms with Gasteiger partial charge in [-0.1, -0.05) is 60.7 Å². The standard InChI is InChI=1S/C34H41N5O7/c1-33(2,3)45-31(40)39(32(41)46-34(4,5)6)29-27-28(35-21-36-29)38(22-37-27)30-25(19-42-17-23-13-9-7-10-14-23)26(44-30)20-43-18-24-15-11-8-12-16-24/h7-16,21-22,25-26,30H,17-20H2,1-6H3/t25-,26-,30-/m1/s1. The smallest absolute Gasteiger partial charge is 0.425 e.